The molecular weight excluding hydrogens is 369 g/mol. The molecule has 1 aliphatic carbocycles. The summed E-state index contributed by atoms with van der Waals surface area (Å²) in [5.74, 6) is 0.701. The lowest BCUT2D eigenvalue weighted by Gasteiger charge is -2.39. The van der Waals surface area contributed by atoms with Gasteiger partial charge in [0.15, 0.2) is 0 Å². The average Bonchev–Trinajstić information content (AvgIpc) is 3.54. The van der Waals surface area contributed by atoms with Gasteiger partial charge in [0.25, 0.3) is 0 Å². The van der Waals surface area contributed by atoms with E-state index in [-0.39, 0.29) is 29.0 Å². The fraction of sp³-hybridized carbons (Fsp3) is 0.458. The second kappa shape index (κ2) is 8.15. The second-order valence-corrected chi connectivity index (χ2v) is 8.32. The van der Waals surface area contributed by atoms with Crippen LogP contribution < -0.4 is 10.1 Å². The summed E-state index contributed by atoms with van der Waals surface area (Å²) < 4.78 is 24.7. The Hall–Kier alpha value is -2.40. The summed E-state index contributed by atoms with van der Waals surface area (Å²) in [6, 6.07) is 12.8. The van der Waals surface area contributed by atoms with E-state index in [9.17, 15) is 9.18 Å². The molecule has 1 aliphatic heterocycles. The van der Waals surface area contributed by atoms with Crippen molar-refractivity contribution < 1.29 is 18.7 Å². The van der Waals surface area contributed by atoms with Crippen molar-refractivity contribution in [3.8, 4) is 5.75 Å². The van der Waals surface area contributed by atoms with Crippen LogP contribution in [0.5, 0.6) is 5.75 Å². The van der Waals surface area contributed by atoms with Gasteiger partial charge in [-0.15, -0.1) is 0 Å². The first-order valence-corrected chi connectivity index (χ1v) is 10.3. The third-order valence-electron chi connectivity index (χ3n) is 6.38. The van der Waals surface area contributed by atoms with Crippen molar-refractivity contribution in [1.82, 2.24) is 5.32 Å². The predicted octanol–water partition coefficient (Wildman–Crippen LogP) is 4.11. The molecule has 1 N–H and O–H groups in total. The first kappa shape index (κ1) is 19.9. The Balaban J connectivity index is 1.49. The van der Waals surface area contributed by atoms with Crippen molar-refractivity contribution in [3.05, 3.63) is 65.0 Å². The van der Waals surface area contributed by atoms with Crippen LogP contribution in [-0.4, -0.2) is 32.8 Å². The summed E-state index contributed by atoms with van der Waals surface area (Å²) in [7, 11) is 1.69. The smallest absolute Gasteiger partial charge is 0.223 e. The normalized spacial score (nSPS) is 22.7. The predicted molar refractivity (Wildman–Crippen MR) is 110 cm³/mol. The first-order chi connectivity index (χ1) is 14.0. The van der Waals surface area contributed by atoms with E-state index < -0.39 is 0 Å². The zero-order valence-corrected chi connectivity index (χ0v) is 17.0. The van der Waals surface area contributed by atoms with Crippen molar-refractivity contribution in [2.75, 3.05) is 26.9 Å². The number of methoxy groups -OCH3 is 1. The molecule has 4 nitrogen and oxygen atoms in total. The summed E-state index contributed by atoms with van der Waals surface area (Å²) in [4.78, 5) is 12.8. The summed E-state index contributed by atoms with van der Waals surface area (Å²) >= 11 is 0. The van der Waals surface area contributed by atoms with Gasteiger partial charge in [-0.1, -0.05) is 29.8 Å². The number of aryl methyl sites for hydroxylation is 1. The number of rotatable bonds is 6. The number of amides is 1. The van der Waals surface area contributed by atoms with Crippen molar-refractivity contribution in [2.24, 2.45) is 5.92 Å². The molecule has 2 fully saturated rings. The molecule has 1 amide bonds. The highest BCUT2D eigenvalue weighted by molar-refractivity contribution is 5.83. The molecule has 2 aliphatic rings. The quantitative estimate of drug-likeness (QED) is 0.798. The molecule has 4 rings (SSSR count). The van der Waals surface area contributed by atoms with Crippen LogP contribution in [0.4, 0.5) is 4.39 Å². The van der Waals surface area contributed by atoms with Crippen LogP contribution in [0.15, 0.2) is 42.5 Å². The first-order valence-electron chi connectivity index (χ1n) is 10.3. The van der Waals surface area contributed by atoms with Crippen molar-refractivity contribution >= 4 is 5.91 Å². The molecule has 1 heterocycles. The van der Waals surface area contributed by atoms with Gasteiger partial charge in [0.05, 0.1) is 7.11 Å². The lowest BCUT2D eigenvalue weighted by molar-refractivity contribution is -0.122. The van der Waals surface area contributed by atoms with Gasteiger partial charge in [0, 0.05) is 36.7 Å². The molecule has 0 spiro atoms. The molecule has 1 saturated carbocycles. The monoisotopic (exact) mass is 397 g/mol. The summed E-state index contributed by atoms with van der Waals surface area (Å²) in [5.41, 5.74) is 3.02. The molecule has 0 bridgehead atoms. The Morgan fingerprint density at radius 1 is 1.24 bits per heavy atom. The highest BCUT2D eigenvalue weighted by Crippen LogP contribution is 2.48. The minimum atomic E-state index is -0.249. The minimum absolute atomic E-state index is 0.0525. The fourth-order valence-electron chi connectivity index (χ4n) is 4.52. The van der Waals surface area contributed by atoms with Crippen molar-refractivity contribution in [2.45, 2.75) is 37.5 Å². The summed E-state index contributed by atoms with van der Waals surface area (Å²) in [6.45, 7) is 3.97. The Bertz CT molecular complexity index is 891. The molecule has 29 heavy (non-hydrogen) atoms. The van der Waals surface area contributed by atoms with Crippen LogP contribution in [0.1, 0.15) is 41.9 Å². The molecule has 2 unspecified atom stereocenters. The second-order valence-electron chi connectivity index (χ2n) is 8.32. The van der Waals surface area contributed by atoms with E-state index >= 15 is 0 Å². The number of hydrogen-bond acceptors (Lipinski definition) is 3. The zero-order valence-electron chi connectivity index (χ0n) is 17.0. The van der Waals surface area contributed by atoms with Gasteiger partial charge >= 0.3 is 0 Å². The molecule has 5 heteroatoms. The van der Waals surface area contributed by atoms with Gasteiger partial charge in [-0.05, 0) is 55.9 Å². The molecule has 1 saturated heterocycles. The van der Waals surface area contributed by atoms with Gasteiger partial charge in [-0.2, -0.15) is 0 Å². The average molecular weight is 397 g/mol. The Labute approximate surface area is 171 Å². The highest BCUT2D eigenvalue weighted by Gasteiger charge is 2.45. The van der Waals surface area contributed by atoms with Crippen molar-refractivity contribution in [3.63, 3.8) is 0 Å². The van der Waals surface area contributed by atoms with E-state index in [4.69, 9.17) is 9.47 Å². The molecule has 0 aromatic heterocycles. The van der Waals surface area contributed by atoms with E-state index in [0.717, 1.165) is 36.1 Å². The number of halogens is 1. The number of carbonyl (C=O) groups is 1. The zero-order chi connectivity index (χ0) is 20.4. The van der Waals surface area contributed by atoms with Crippen molar-refractivity contribution in [1.29, 1.82) is 0 Å². The number of benzene rings is 2. The van der Waals surface area contributed by atoms with E-state index in [2.05, 4.69) is 18.3 Å². The Kier molecular flexibility index (Phi) is 5.59. The number of nitrogens with one attached hydrogen (secondary N) is 1. The third-order valence-corrected chi connectivity index (χ3v) is 6.38. The van der Waals surface area contributed by atoms with Crippen LogP contribution in [-0.2, 0) is 14.9 Å². The lowest BCUT2D eigenvalue weighted by atomic mass is 9.73. The van der Waals surface area contributed by atoms with Crippen LogP contribution >= 0.6 is 0 Å². The molecule has 2 atom stereocenters. The third kappa shape index (κ3) is 4.15. The summed E-state index contributed by atoms with van der Waals surface area (Å²) in [6.07, 6.45) is 2.45. The van der Waals surface area contributed by atoms with Crippen LogP contribution in [0.25, 0.3) is 0 Å². The van der Waals surface area contributed by atoms with Gasteiger partial charge in [-0.3, -0.25) is 4.79 Å². The molecule has 0 radical (unpaired) electrons. The number of hydrogen-bond donors (Lipinski definition) is 1. The Morgan fingerprint density at radius 3 is 2.76 bits per heavy atom. The van der Waals surface area contributed by atoms with E-state index in [1.165, 1.54) is 17.7 Å². The molecule has 154 valence electrons. The molecule has 2 aromatic carbocycles. The van der Waals surface area contributed by atoms with E-state index in [1.807, 2.05) is 18.2 Å². The van der Waals surface area contributed by atoms with Crippen LogP contribution in [0, 0.1) is 18.7 Å². The van der Waals surface area contributed by atoms with Gasteiger partial charge in [0.1, 0.15) is 11.6 Å². The van der Waals surface area contributed by atoms with Gasteiger partial charge in [-0.25, -0.2) is 4.39 Å². The van der Waals surface area contributed by atoms with E-state index in [0.29, 0.717) is 19.8 Å². The fourth-order valence-corrected chi connectivity index (χ4v) is 4.52. The van der Waals surface area contributed by atoms with Crippen LogP contribution in [0.3, 0.4) is 0 Å². The molecule has 2 aromatic rings. The number of carbonyl (C=O) groups excluding carboxylic acids is 1. The standard InChI is InChI=1S/C24H28FNO3/c1-16-6-7-22(28-2)21(12-16)24(8-10-29-11-9-24)15-26-23(27)20-14-19(20)17-4-3-5-18(25)13-17/h3-7,12-13,19-20H,8-11,14-15H2,1-2H3,(H,26,27). The largest absolute Gasteiger partial charge is 0.496 e. The SMILES string of the molecule is COc1ccc(C)cc1C1(CNC(=O)C2CC2c2cccc(F)c2)CCOCC1. The van der Waals surface area contributed by atoms with Gasteiger partial charge < -0.3 is 14.8 Å². The molecular formula is C24H28FNO3. The summed E-state index contributed by atoms with van der Waals surface area (Å²) in [5, 5.41) is 3.19. The maximum Gasteiger partial charge on any atom is 0.223 e. The van der Waals surface area contributed by atoms with Gasteiger partial charge in [0.2, 0.25) is 5.91 Å². The number of ether oxygens (including phenoxy) is 2. The van der Waals surface area contributed by atoms with E-state index in [1.54, 1.807) is 13.2 Å². The maximum absolute atomic E-state index is 13.5. The maximum atomic E-state index is 13.5. The lowest BCUT2D eigenvalue weighted by Crippen LogP contribution is -2.45. The topological polar surface area (TPSA) is 47.6 Å². The minimum Gasteiger partial charge on any atom is -0.496 e. The van der Waals surface area contributed by atoms with Crippen LogP contribution in [0.2, 0.25) is 0 Å². The Morgan fingerprint density at radius 2 is 2.03 bits per heavy atom. The highest BCUT2D eigenvalue weighted by atomic mass is 19.1.